The third-order valence-corrected chi connectivity index (χ3v) is 5.17. The van der Waals surface area contributed by atoms with Crippen molar-refractivity contribution in [1.29, 1.82) is 0 Å². The number of piperidine rings is 1. The summed E-state index contributed by atoms with van der Waals surface area (Å²) in [6.07, 6.45) is 7.02. The second-order valence-electron chi connectivity index (χ2n) is 6.50. The molecule has 0 bridgehead atoms. The zero-order chi connectivity index (χ0) is 12.4. The van der Waals surface area contributed by atoms with E-state index < -0.39 is 0 Å². The van der Waals surface area contributed by atoms with Crippen molar-refractivity contribution in [3.63, 3.8) is 0 Å². The molecule has 1 saturated heterocycles. The van der Waals surface area contributed by atoms with Gasteiger partial charge in [-0.15, -0.1) is 0 Å². The molecule has 1 N–H and O–H groups in total. The van der Waals surface area contributed by atoms with Crippen molar-refractivity contribution in [3.05, 3.63) is 0 Å². The molecule has 0 aromatic rings. The summed E-state index contributed by atoms with van der Waals surface area (Å²) < 4.78 is 0. The van der Waals surface area contributed by atoms with E-state index >= 15 is 0 Å². The molecular weight excluding hydrogens is 208 g/mol. The molecule has 1 heterocycles. The van der Waals surface area contributed by atoms with E-state index in [1.54, 1.807) is 0 Å². The lowest BCUT2D eigenvalue weighted by Gasteiger charge is -2.49. The van der Waals surface area contributed by atoms with Crippen LogP contribution in [0.1, 0.15) is 52.9 Å². The summed E-state index contributed by atoms with van der Waals surface area (Å²) in [5, 5.41) is 3.56. The smallest absolute Gasteiger partial charge is 0.0252 e. The Morgan fingerprint density at radius 3 is 2.47 bits per heavy atom. The van der Waals surface area contributed by atoms with E-state index in [1.165, 1.54) is 38.6 Å². The summed E-state index contributed by atoms with van der Waals surface area (Å²) in [5.74, 6) is 1.74. The van der Waals surface area contributed by atoms with Crippen LogP contribution in [0.2, 0.25) is 0 Å². The first kappa shape index (κ1) is 13.4. The number of hydrogen-bond acceptors (Lipinski definition) is 2. The van der Waals surface area contributed by atoms with Crippen LogP contribution in [0.3, 0.4) is 0 Å². The summed E-state index contributed by atoms with van der Waals surface area (Å²) in [5.41, 5.74) is 0. The maximum atomic E-state index is 3.56. The molecule has 0 spiro atoms. The summed E-state index contributed by atoms with van der Waals surface area (Å²) >= 11 is 0. The van der Waals surface area contributed by atoms with Gasteiger partial charge in [-0.2, -0.15) is 0 Å². The van der Waals surface area contributed by atoms with Crippen molar-refractivity contribution in [3.8, 4) is 0 Å². The third kappa shape index (κ3) is 2.85. The van der Waals surface area contributed by atoms with Gasteiger partial charge in [0.15, 0.2) is 0 Å². The minimum Gasteiger partial charge on any atom is -0.315 e. The van der Waals surface area contributed by atoms with E-state index in [1.807, 2.05) is 0 Å². The van der Waals surface area contributed by atoms with Crippen LogP contribution in [-0.4, -0.2) is 36.6 Å². The lowest BCUT2D eigenvalue weighted by atomic mass is 9.81. The summed E-state index contributed by atoms with van der Waals surface area (Å²) in [6, 6.07) is 2.28. The van der Waals surface area contributed by atoms with Gasteiger partial charge in [0.25, 0.3) is 0 Å². The van der Waals surface area contributed by atoms with Crippen LogP contribution in [0.4, 0.5) is 0 Å². The van der Waals surface area contributed by atoms with Crippen LogP contribution in [-0.2, 0) is 0 Å². The van der Waals surface area contributed by atoms with Crippen LogP contribution in [0, 0.1) is 11.8 Å². The quantitative estimate of drug-likeness (QED) is 0.796. The predicted molar refractivity (Wildman–Crippen MR) is 74.2 cm³/mol. The van der Waals surface area contributed by atoms with Gasteiger partial charge in [0.05, 0.1) is 0 Å². The van der Waals surface area contributed by atoms with Gasteiger partial charge in [-0.25, -0.2) is 0 Å². The molecule has 2 nitrogen and oxygen atoms in total. The van der Waals surface area contributed by atoms with Crippen molar-refractivity contribution in [2.75, 3.05) is 13.6 Å². The zero-order valence-electron chi connectivity index (χ0n) is 12.1. The molecule has 100 valence electrons. The maximum absolute atomic E-state index is 3.56. The Labute approximate surface area is 107 Å². The van der Waals surface area contributed by atoms with Crippen LogP contribution >= 0.6 is 0 Å². The van der Waals surface area contributed by atoms with E-state index in [0.717, 1.165) is 30.0 Å². The van der Waals surface area contributed by atoms with Crippen LogP contribution in [0.25, 0.3) is 0 Å². The van der Waals surface area contributed by atoms with Gasteiger partial charge in [-0.05, 0) is 45.1 Å². The minimum absolute atomic E-state index is 0.726. The number of nitrogens with zero attached hydrogens (tertiary/aromatic N) is 1. The predicted octanol–water partition coefficient (Wildman–Crippen LogP) is 2.88. The fourth-order valence-corrected chi connectivity index (χ4v) is 4.04. The normalized spacial score (nSPS) is 44.8. The van der Waals surface area contributed by atoms with Crippen molar-refractivity contribution in [1.82, 2.24) is 10.2 Å². The minimum atomic E-state index is 0.726. The molecule has 1 aliphatic heterocycles. The number of likely N-dealkylation sites (N-methyl/N-ethyl adjacent to an activating group) is 1. The molecule has 1 aliphatic carbocycles. The van der Waals surface area contributed by atoms with E-state index in [0.29, 0.717) is 0 Å². The SMILES string of the molecule is CNC1CCCCC1N1CC(C)CC(C)C1C. The molecule has 2 heteroatoms. The fraction of sp³-hybridized carbons (Fsp3) is 1.00. The zero-order valence-corrected chi connectivity index (χ0v) is 12.1. The first-order valence-corrected chi connectivity index (χ1v) is 7.56. The molecule has 2 rings (SSSR count). The van der Waals surface area contributed by atoms with Crippen molar-refractivity contribution < 1.29 is 0 Å². The molecule has 0 amide bonds. The van der Waals surface area contributed by atoms with E-state index in [4.69, 9.17) is 0 Å². The molecule has 0 aromatic carbocycles. The van der Waals surface area contributed by atoms with Gasteiger partial charge in [0.2, 0.25) is 0 Å². The van der Waals surface area contributed by atoms with E-state index in [-0.39, 0.29) is 0 Å². The van der Waals surface area contributed by atoms with Crippen molar-refractivity contribution in [2.24, 2.45) is 11.8 Å². The average molecular weight is 238 g/mol. The Bertz CT molecular complexity index is 241. The first-order chi connectivity index (χ1) is 8.13. The Kier molecular flexibility index (Phi) is 4.48. The number of likely N-dealkylation sites (tertiary alicyclic amines) is 1. The second-order valence-corrected chi connectivity index (χ2v) is 6.50. The summed E-state index contributed by atoms with van der Waals surface area (Å²) in [7, 11) is 2.14. The number of hydrogen-bond donors (Lipinski definition) is 1. The van der Waals surface area contributed by atoms with Gasteiger partial charge in [0.1, 0.15) is 0 Å². The third-order valence-electron chi connectivity index (χ3n) is 5.17. The first-order valence-electron chi connectivity index (χ1n) is 7.56. The highest BCUT2D eigenvalue weighted by atomic mass is 15.2. The Morgan fingerprint density at radius 1 is 1.06 bits per heavy atom. The van der Waals surface area contributed by atoms with Crippen LogP contribution in [0.15, 0.2) is 0 Å². The molecule has 0 radical (unpaired) electrons. The average Bonchev–Trinajstić information content (AvgIpc) is 2.33. The second kappa shape index (κ2) is 5.71. The Morgan fingerprint density at radius 2 is 1.76 bits per heavy atom. The van der Waals surface area contributed by atoms with E-state index in [2.05, 4.69) is 38.0 Å². The van der Waals surface area contributed by atoms with E-state index in [9.17, 15) is 0 Å². The largest absolute Gasteiger partial charge is 0.315 e. The molecule has 1 saturated carbocycles. The lowest BCUT2D eigenvalue weighted by molar-refractivity contribution is 0.0127. The Balaban J connectivity index is 2.07. The van der Waals surface area contributed by atoms with Gasteiger partial charge < -0.3 is 5.32 Å². The van der Waals surface area contributed by atoms with Crippen molar-refractivity contribution in [2.45, 2.75) is 71.0 Å². The molecule has 5 atom stereocenters. The standard InChI is InChI=1S/C15H30N2/c1-11-9-12(2)13(3)17(10-11)15-8-6-5-7-14(15)16-4/h11-16H,5-10H2,1-4H3. The highest BCUT2D eigenvalue weighted by Gasteiger charge is 2.37. The molecule has 2 fully saturated rings. The van der Waals surface area contributed by atoms with Crippen LogP contribution in [0.5, 0.6) is 0 Å². The van der Waals surface area contributed by atoms with Gasteiger partial charge >= 0.3 is 0 Å². The molecule has 2 aliphatic rings. The molecular formula is C15H30N2. The molecule has 0 aromatic heterocycles. The number of rotatable bonds is 2. The highest BCUT2D eigenvalue weighted by molar-refractivity contribution is 4.93. The summed E-state index contributed by atoms with van der Waals surface area (Å²) in [6.45, 7) is 8.61. The van der Waals surface area contributed by atoms with Crippen LogP contribution < -0.4 is 5.32 Å². The van der Waals surface area contributed by atoms with Gasteiger partial charge in [-0.1, -0.05) is 26.7 Å². The van der Waals surface area contributed by atoms with Gasteiger partial charge in [-0.3, -0.25) is 4.90 Å². The highest BCUT2D eigenvalue weighted by Crippen LogP contribution is 2.33. The topological polar surface area (TPSA) is 15.3 Å². The van der Waals surface area contributed by atoms with Gasteiger partial charge in [0, 0.05) is 24.7 Å². The molecule has 5 unspecified atom stereocenters. The fourth-order valence-electron chi connectivity index (χ4n) is 4.04. The summed E-state index contributed by atoms with van der Waals surface area (Å²) in [4.78, 5) is 2.82. The monoisotopic (exact) mass is 238 g/mol. The lowest BCUT2D eigenvalue weighted by Crippen LogP contribution is -2.58. The number of nitrogens with one attached hydrogen (secondary N) is 1. The van der Waals surface area contributed by atoms with Crippen molar-refractivity contribution >= 4 is 0 Å². The molecule has 17 heavy (non-hydrogen) atoms. The maximum Gasteiger partial charge on any atom is 0.0252 e. The Hall–Kier alpha value is -0.0800.